The lowest BCUT2D eigenvalue weighted by molar-refractivity contribution is 0.0552. The number of methoxy groups -OCH3 is 1. The highest BCUT2D eigenvalue weighted by molar-refractivity contribution is 5.33. The van der Waals surface area contributed by atoms with Crippen LogP contribution in [-0.4, -0.2) is 41.3 Å². The maximum Gasteiger partial charge on any atom is 0.228 e. The Kier molecular flexibility index (Phi) is 4.25. The summed E-state index contributed by atoms with van der Waals surface area (Å²) in [5.41, 5.74) is 1.14. The van der Waals surface area contributed by atoms with Crippen molar-refractivity contribution in [2.24, 2.45) is 0 Å². The van der Waals surface area contributed by atoms with Crippen LogP contribution in [-0.2, 0) is 11.3 Å². The molecule has 0 aromatic carbocycles. The van der Waals surface area contributed by atoms with E-state index in [1.807, 2.05) is 12.1 Å². The standard InChI is InChI=1S/C15H18N4O2/c1-20-14-4-8-17-15(18-14)19-9-5-13(10-19)21-11-12-2-6-16-7-3-12/h2-4,6-8,13H,5,9-11H2,1H3. The van der Waals surface area contributed by atoms with E-state index in [0.717, 1.165) is 25.1 Å². The molecule has 110 valence electrons. The smallest absolute Gasteiger partial charge is 0.228 e. The topological polar surface area (TPSA) is 60.4 Å². The van der Waals surface area contributed by atoms with Gasteiger partial charge in [0, 0.05) is 37.7 Å². The molecule has 0 amide bonds. The highest BCUT2D eigenvalue weighted by Crippen LogP contribution is 2.20. The molecule has 6 heteroatoms. The van der Waals surface area contributed by atoms with Gasteiger partial charge in [-0.2, -0.15) is 4.98 Å². The first-order valence-electron chi connectivity index (χ1n) is 6.97. The fourth-order valence-electron chi connectivity index (χ4n) is 2.34. The van der Waals surface area contributed by atoms with Crippen LogP contribution in [0.2, 0.25) is 0 Å². The van der Waals surface area contributed by atoms with Gasteiger partial charge in [-0.1, -0.05) is 0 Å². The van der Waals surface area contributed by atoms with Crippen molar-refractivity contribution in [2.75, 3.05) is 25.1 Å². The fourth-order valence-corrected chi connectivity index (χ4v) is 2.34. The van der Waals surface area contributed by atoms with Gasteiger partial charge in [0.2, 0.25) is 11.8 Å². The zero-order valence-electron chi connectivity index (χ0n) is 12.0. The van der Waals surface area contributed by atoms with Gasteiger partial charge >= 0.3 is 0 Å². The average Bonchev–Trinajstić information content (AvgIpc) is 3.03. The average molecular weight is 286 g/mol. The van der Waals surface area contributed by atoms with Gasteiger partial charge in [0.25, 0.3) is 0 Å². The van der Waals surface area contributed by atoms with Crippen molar-refractivity contribution >= 4 is 5.95 Å². The van der Waals surface area contributed by atoms with Crippen LogP contribution in [0.15, 0.2) is 36.8 Å². The fraction of sp³-hybridized carbons (Fsp3) is 0.400. The number of hydrogen-bond donors (Lipinski definition) is 0. The minimum atomic E-state index is 0.202. The molecule has 2 aromatic rings. The molecule has 1 saturated heterocycles. The van der Waals surface area contributed by atoms with Crippen LogP contribution in [0.4, 0.5) is 5.95 Å². The second-order valence-corrected chi connectivity index (χ2v) is 4.92. The van der Waals surface area contributed by atoms with Crippen molar-refractivity contribution in [2.45, 2.75) is 19.1 Å². The lowest BCUT2D eigenvalue weighted by Crippen LogP contribution is -2.24. The Hall–Kier alpha value is -2.21. The minimum Gasteiger partial charge on any atom is -0.481 e. The summed E-state index contributed by atoms with van der Waals surface area (Å²) in [4.78, 5) is 14.8. The molecule has 0 N–H and O–H groups in total. The number of aromatic nitrogens is 3. The Bertz CT molecular complexity index is 579. The Morgan fingerprint density at radius 2 is 2.10 bits per heavy atom. The molecule has 0 radical (unpaired) electrons. The third-order valence-electron chi connectivity index (χ3n) is 3.49. The van der Waals surface area contributed by atoms with Crippen LogP contribution in [0.5, 0.6) is 5.88 Å². The Morgan fingerprint density at radius 3 is 2.90 bits per heavy atom. The van der Waals surface area contributed by atoms with Crippen LogP contribution in [0.25, 0.3) is 0 Å². The van der Waals surface area contributed by atoms with Gasteiger partial charge in [0.05, 0.1) is 19.8 Å². The molecule has 6 nitrogen and oxygen atoms in total. The van der Waals surface area contributed by atoms with Crippen molar-refractivity contribution in [1.82, 2.24) is 15.0 Å². The van der Waals surface area contributed by atoms with Gasteiger partial charge < -0.3 is 14.4 Å². The molecule has 0 bridgehead atoms. The molecule has 1 aliphatic rings. The number of ether oxygens (including phenoxy) is 2. The van der Waals surface area contributed by atoms with Gasteiger partial charge in [0.15, 0.2) is 0 Å². The van der Waals surface area contributed by atoms with Gasteiger partial charge in [0.1, 0.15) is 0 Å². The van der Waals surface area contributed by atoms with E-state index < -0.39 is 0 Å². The first kappa shape index (κ1) is 13.8. The summed E-state index contributed by atoms with van der Waals surface area (Å²) in [5, 5.41) is 0. The van der Waals surface area contributed by atoms with Crippen LogP contribution in [0.1, 0.15) is 12.0 Å². The molecule has 1 unspecified atom stereocenters. The summed E-state index contributed by atoms with van der Waals surface area (Å²) >= 11 is 0. The molecule has 3 heterocycles. The monoisotopic (exact) mass is 286 g/mol. The molecule has 1 atom stereocenters. The number of rotatable bonds is 5. The van der Waals surface area contributed by atoms with Gasteiger partial charge in [-0.05, 0) is 24.1 Å². The zero-order valence-corrected chi connectivity index (χ0v) is 12.0. The molecule has 3 rings (SSSR count). The third kappa shape index (κ3) is 3.46. The highest BCUT2D eigenvalue weighted by Gasteiger charge is 2.25. The summed E-state index contributed by atoms with van der Waals surface area (Å²) in [5.74, 6) is 1.28. The first-order valence-corrected chi connectivity index (χ1v) is 6.97. The van der Waals surface area contributed by atoms with Crippen LogP contribution < -0.4 is 9.64 Å². The summed E-state index contributed by atoms with van der Waals surface area (Å²) in [6, 6.07) is 5.69. The normalized spacial score (nSPS) is 18.0. The molecule has 21 heavy (non-hydrogen) atoms. The van der Waals surface area contributed by atoms with Crippen molar-refractivity contribution < 1.29 is 9.47 Å². The Labute approximate surface area is 123 Å². The largest absolute Gasteiger partial charge is 0.481 e. The van der Waals surface area contributed by atoms with E-state index in [-0.39, 0.29) is 6.10 Å². The highest BCUT2D eigenvalue weighted by atomic mass is 16.5. The maximum atomic E-state index is 5.94. The van der Waals surface area contributed by atoms with Crippen molar-refractivity contribution in [3.05, 3.63) is 42.4 Å². The summed E-state index contributed by atoms with van der Waals surface area (Å²) in [6.07, 6.45) is 6.46. The van der Waals surface area contributed by atoms with E-state index in [2.05, 4.69) is 19.9 Å². The third-order valence-corrected chi connectivity index (χ3v) is 3.49. The molecule has 0 aliphatic carbocycles. The van der Waals surface area contributed by atoms with E-state index in [4.69, 9.17) is 9.47 Å². The molecule has 1 aliphatic heterocycles. The molecule has 0 saturated carbocycles. The SMILES string of the molecule is COc1ccnc(N2CCC(OCc3ccncc3)C2)n1. The van der Waals surface area contributed by atoms with Crippen LogP contribution in [0.3, 0.4) is 0 Å². The van der Waals surface area contributed by atoms with E-state index in [1.54, 1.807) is 31.8 Å². The number of nitrogens with zero attached hydrogens (tertiary/aromatic N) is 4. The Morgan fingerprint density at radius 1 is 1.24 bits per heavy atom. The predicted octanol–water partition coefficient (Wildman–Crippen LogP) is 1.68. The van der Waals surface area contributed by atoms with Crippen LogP contribution in [0, 0.1) is 0 Å². The molecule has 1 fully saturated rings. The second kappa shape index (κ2) is 6.49. The molecular formula is C15H18N4O2. The number of anilines is 1. The van der Waals surface area contributed by atoms with Crippen molar-refractivity contribution in [1.29, 1.82) is 0 Å². The molecular weight excluding hydrogens is 268 g/mol. The number of pyridine rings is 1. The summed E-state index contributed by atoms with van der Waals surface area (Å²) in [7, 11) is 1.61. The van der Waals surface area contributed by atoms with Crippen molar-refractivity contribution in [3.8, 4) is 5.88 Å². The number of hydrogen-bond acceptors (Lipinski definition) is 6. The van der Waals surface area contributed by atoms with E-state index in [1.165, 1.54) is 0 Å². The quantitative estimate of drug-likeness (QED) is 0.833. The lowest BCUT2D eigenvalue weighted by Gasteiger charge is -2.16. The minimum absolute atomic E-state index is 0.202. The second-order valence-electron chi connectivity index (χ2n) is 4.92. The molecule has 2 aromatic heterocycles. The van der Waals surface area contributed by atoms with Gasteiger partial charge in [-0.3, -0.25) is 4.98 Å². The van der Waals surface area contributed by atoms with Crippen molar-refractivity contribution in [3.63, 3.8) is 0 Å². The van der Waals surface area contributed by atoms with E-state index in [9.17, 15) is 0 Å². The predicted molar refractivity (Wildman–Crippen MR) is 78.2 cm³/mol. The van der Waals surface area contributed by atoms with Crippen LogP contribution >= 0.6 is 0 Å². The summed E-state index contributed by atoms with van der Waals surface area (Å²) < 4.78 is 11.1. The Balaban J connectivity index is 1.55. The van der Waals surface area contributed by atoms with Gasteiger partial charge in [-0.15, -0.1) is 0 Å². The molecule has 0 spiro atoms. The summed E-state index contributed by atoms with van der Waals surface area (Å²) in [6.45, 7) is 2.31. The first-order chi connectivity index (χ1) is 10.3. The van der Waals surface area contributed by atoms with E-state index in [0.29, 0.717) is 18.4 Å². The maximum absolute atomic E-state index is 5.94. The zero-order chi connectivity index (χ0) is 14.5. The lowest BCUT2D eigenvalue weighted by atomic mass is 10.3. The van der Waals surface area contributed by atoms with E-state index >= 15 is 0 Å². The van der Waals surface area contributed by atoms with Gasteiger partial charge in [-0.25, -0.2) is 4.98 Å².